The molecule has 198 valence electrons. The summed E-state index contributed by atoms with van der Waals surface area (Å²) in [6.45, 7) is 4.21. The van der Waals surface area contributed by atoms with Crippen LogP contribution >= 0.6 is 7.14 Å². The Bertz CT molecular complexity index is 1270. The molecule has 4 rings (SSSR count). The number of rotatable bonds is 11. The molecule has 1 saturated carbocycles. The lowest BCUT2D eigenvalue weighted by Crippen LogP contribution is -2.48. The summed E-state index contributed by atoms with van der Waals surface area (Å²) in [6.07, 6.45) is 2.37. The summed E-state index contributed by atoms with van der Waals surface area (Å²) in [4.78, 5) is 15.9. The summed E-state index contributed by atoms with van der Waals surface area (Å²) in [7, 11) is 1.03. The molecule has 0 amide bonds. The van der Waals surface area contributed by atoms with Crippen molar-refractivity contribution in [3.05, 3.63) is 102 Å². The Hall–Kier alpha value is -3.15. The minimum atomic E-state index is -2.97. The highest BCUT2D eigenvalue weighted by atomic mass is 31.2. The largest absolute Gasteiger partial charge is 0.378 e. The predicted octanol–water partition coefficient (Wildman–Crippen LogP) is 8.09. The molecule has 5 heteroatoms. The molecule has 3 aromatic rings. The number of carbonyl (C=O) groups is 1. The number of nitriles is 1. The quantitative estimate of drug-likeness (QED) is 0.237. The van der Waals surface area contributed by atoms with Crippen molar-refractivity contribution in [2.24, 2.45) is 17.3 Å². The number of anilines is 1. The van der Waals surface area contributed by atoms with Crippen LogP contribution in [0.1, 0.15) is 55.5 Å². The molecule has 1 aliphatic carbocycles. The van der Waals surface area contributed by atoms with Crippen molar-refractivity contribution in [2.75, 3.05) is 19.0 Å². The van der Waals surface area contributed by atoms with Gasteiger partial charge in [0.25, 0.3) is 0 Å². The van der Waals surface area contributed by atoms with Crippen molar-refractivity contribution in [3.8, 4) is 6.07 Å². The van der Waals surface area contributed by atoms with E-state index in [1.165, 1.54) is 0 Å². The topological polar surface area (TPSA) is 61.2 Å². The third-order valence-electron chi connectivity index (χ3n) is 8.54. The third kappa shape index (κ3) is 6.11. The van der Waals surface area contributed by atoms with E-state index in [0.717, 1.165) is 28.8 Å². The fourth-order valence-electron chi connectivity index (χ4n) is 5.96. The first-order valence-corrected chi connectivity index (χ1v) is 15.6. The lowest BCUT2D eigenvalue weighted by molar-refractivity contribution is -0.138. The molecule has 0 saturated heterocycles. The van der Waals surface area contributed by atoms with Crippen LogP contribution in [0, 0.1) is 28.6 Å². The monoisotopic (exact) mass is 526 g/mol. The van der Waals surface area contributed by atoms with Crippen LogP contribution in [0.25, 0.3) is 0 Å². The standard InChI is InChI=1S/C33H39N2O2P/c1-33(2)28(19-20-34)21-30(33)31(36)22-32(27-15-17-29(18-16-27)35(3)4)38(37,23-25-11-7-5-8-12-25)24-26-13-9-6-10-14-26/h5-18,28,30,32H,19,21-24H2,1-4H3. The lowest BCUT2D eigenvalue weighted by Gasteiger charge is -2.51. The summed E-state index contributed by atoms with van der Waals surface area (Å²) in [5.74, 6) is 0.304. The van der Waals surface area contributed by atoms with Crippen molar-refractivity contribution < 1.29 is 9.36 Å². The normalized spacial score (nSPS) is 19.1. The first kappa shape index (κ1) is 27.9. The SMILES string of the molecule is CN(C)c1ccc(C(CC(=O)C2CC(CC#N)C2(C)C)P(=O)(Cc2ccccc2)Cc2ccccc2)cc1. The van der Waals surface area contributed by atoms with Gasteiger partial charge in [-0.15, -0.1) is 0 Å². The lowest BCUT2D eigenvalue weighted by atomic mass is 9.52. The zero-order valence-corrected chi connectivity index (χ0v) is 23.9. The van der Waals surface area contributed by atoms with Gasteiger partial charge in [0.1, 0.15) is 12.9 Å². The second kappa shape index (κ2) is 11.7. The van der Waals surface area contributed by atoms with Gasteiger partial charge in [0.05, 0.1) is 6.07 Å². The maximum atomic E-state index is 15.3. The maximum Gasteiger partial charge on any atom is 0.137 e. The molecular formula is C33H39N2O2P. The number of benzene rings is 3. The van der Waals surface area contributed by atoms with Gasteiger partial charge in [-0.1, -0.05) is 86.6 Å². The molecule has 0 spiro atoms. The van der Waals surface area contributed by atoms with Crippen molar-refractivity contribution in [3.63, 3.8) is 0 Å². The fraction of sp³-hybridized carbons (Fsp3) is 0.394. The second-order valence-electron chi connectivity index (χ2n) is 11.6. The number of hydrogen-bond acceptors (Lipinski definition) is 4. The van der Waals surface area contributed by atoms with E-state index in [-0.39, 0.29) is 35.1 Å². The first-order chi connectivity index (χ1) is 18.1. The summed E-state index contributed by atoms with van der Waals surface area (Å²) in [5.41, 5.74) is 3.51. The number of ketones is 1. The molecule has 4 nitrogen and oxygen atoms in total. The zero-order chi connectivity index (χ0) is 27.3. The van der Waals surface area contributed by atoms with E-state index in [9.17, 15) is 10.1 Å². The Morgan fingerprint density at radius 1 is 0.947 bits per heavy atom. The van der Waals surface area contributed by atoms with Gasteiger partial charge in [0, 0.05) is 56.5 Å². The minimum Gasteiger partial charge on any atom is -0.378 e. The van der Waals surface area contributed by atoms with Gasteiger partial charge < -0.3 is 9.46 Å². The van der Waals surface area contributed by atoms with E-state index in [2.05, 4.69) is 44.2 Å². The molecule has 0 aromatic heterocycles. The molecule has 3 atom stereocenters. The van der Waals surface area contributed by atoms with Crippen LogP contribution in [0.2, 0.25) is 0 Å². The summed E-state index contributed by atoms with van der Waals surface area (Å²) in [6, 6.07) is 30.5. The van der Waals surface area contributed by atoms with Gasteiger partial charge in [0.2, 0.25) is 0 Å². The van der Waals surface area contributed by atoms with Crippen LogP contribution in [-0.2, 0) is 21.7 Å². The Kier molecular flexibility index (Phi) is 8.59. The van der Waals surface area contributed by atoms with Crippen molar-refractivity contribution in [1.82, 2.24) is 0 Å². The van der Waals surface area contributed by atoms with Crippen molar-refractivity contribution in [2.45, 2.75) is 51.1 Å². The van der Waals surface area contributed by atoms with Gasteiger partial charge in [-0.25, -0.2) is 0 Å². The van der Waals surface area contributed by atoms with Crippen LogP contribution in [0.15, 0.2) is 84.9 Å². The Balaban J connectivity index is 1.74. The predicted molar refractivity (Wildman–Crippen MR) is 157 cm³/mol. The van der Waals surface area contributed by atoms with Crippen LogP contribution in [0.5, 0.6) is 0 Å². The highest BCUT2D eigenvalue weighted by Gasteiger charge is 2.52. The first-order valence-electron chi connectivity index (χ1n) is 13.5. The zero-order valence-electron chi connectivity index (χ0n) is 23.0. The van der Waals surface area contributed by atoms with E-state index in [1.807, 2.05) is 79.7 Å². The van der Waals surface area contributed by atoms with E-state index < -0.39 is 7.14 Å². The maximum absolute atomic E-state index is 15.3. The Morgan fingerprint density at radius 2 is 1.47 bits per heavy atom. The van der Waals surface area contributed by atoms with Gasteiger partial charge in [-0.3, -0.25) is 4.79 Å². The molecule has 0 heterocycles. The van der Waals surface area contributed by atoms with Crippen LogP contribution < -0.4 is 4.90 Å². The summed E-state index contributed by atoms with van der Waals surface area (Å²) >= 11 is 0. The second-order valence-corrected chi connectivity index (χ2v) is 14.7. The van der Waals surface area contributed by atoms with E-state index >= 15 is 4.57 Å². The molecule has 0 bridgehead atoms. The van der Waals surface area contributed by atoms with E-state index in [4.69, 9.17) is 0 Å². The van der Waals surface area contributed by atoms with Crippen molar-refractivity contribution >= 4 is 18.6 Å². The Labute approximate surface area is 228 Å². The molecule has 0 N–H and O–H groups in total. The van der Waals surface area contributed by atoms with E-state index in [0.29, 0.717) is 18.7 Å². The minimum absolute atomic E-state index is 0.105. The molecule has 0 aliphatic heterocycles. The smallest absolute Gasteiger partial charge is 0.137 e. The van der Waals surface area contributed by atoms with Crippen LogP contribution in [0.3, 0.4) is 0 Å². The summed E-state index contributed by atoms with van der Waals surface area (Å²) in [5, 5.41) is 9.23. The van der Waals surface area contributed by atoms with Gasteiger partial charge in [-0.2, -0.15) is 5.26 Å². The number of nitrogens with zero attached hydrogens (tertiary/aromatic N) is 2. The Morgan fingerprint density at radius 3 is 1.92 bits per heavy atom. The van der Waals surface area contributed by atoms with Crippen LogP contribution in [-0.4, -0.2) is 19.9 Å². The van der Waals surface area contributed by atoms with E-state index in [1.54, 1.807) is 0 Å². The molecule has 1 aliphatic rings. The summed E-state index contributed by atoms with van der Waals surface area (Å²) < 4.78 is 15.3. The average molecular weight is 527 g/mol. The van der Waals surface area contributed by atoms with Gasteiger partial charge in [0.15, 0.2) is 0 Å². The molecule has 3 unspecified atom stereocenters. The number of hydrogen-bond donors (Lipinski definition) is 0. The van der Waals surface area contributed by atoms with Gasteiger partial charge in [-0.05, 0) is 46.6 Å². The number of carbonyl (C=O) groups excluding carboxylic acids is 1. The molecule has 1 fully saturated rings. The highest BCUT2D eigenvalue weighted by Crippen LogP contribution is 2.66. The van der Waals surface area contributed by atoms with Crippen LogP contribution in [0.4, 0.5) is 5.69 Å². The third-order valence-corrected chi connectivity index (χ3v) is 12.0. The average Bonchev–Trinajstić information content (AvgIpc) is 2.90. The molecule has 38 heavy (non-hydrogen) atoms. The fourth-order valence-corrected chi connectivity index (χ4v) is 9.40. The molecular weight excluding hydrogens is 487 g/mol. The number of Topliss-reactive ketones (excluding diaryl/α,β-unsaturated/α-hetero) is 1. The highest BCUT2D eigenvalue weighted by molar-refractivity contribution is 7.62. The van der Waals surface area contributed by atoms with Crippen molar-refractivity contribution in [1.29, 1.82) is 5.26 Å². The molecule has 3 aromatic carbocycles. The van der Waals surface area contributed by atoms with Gasteiger partial charge >= 0.3 is 0 Å². The molecule has 0 radical (unpaired) electrons.